The molecule has 0 aromatic heterocycles. The van der Waals surface area contributed by atoms with Crippen LogP contribution in [0.25, 0.3) is 0 Å². The topological polar surface area (TPSA) is 32.3 Å². The van der Waals surface area contributed by atoms with Crippen LogP contribution in [-0.2, 0) is 12.0 Å². The van der Waals surface area contributed by atoms with E-state index in [0.717, 1.165) is 30.4 Å². The molecule has 2 unspecified atom stereocenters. The molecule has 2 atom stereocenters. The Balaban J connectivity index is 2.33. The lowest BCUT2D eigenvalue weighted by molar-refractivity contribution is 0.148. The van der Waals surface area contributed by atoms with E-state index in [1.165, 1.54) is 6.07 Å². The lowest BCUT2D eigenvalue weighted by atomic mass is 9.91. The Morgan fingerprint density at radius 1 is 1.53 bits per heavy atom. The molecule has 3 heteroatoms. The minimum Gasteiger partial charge on any atom is -0.394 e. The van der Waals surface area contributed by atoms with E-state index >= 15 is 0 Å². The first-order valence-corrected chi connectivity index (χ1v) is 6.29. The number of hydrogen-bond donors (Lipinski definition) is 2. The second-order valence-corrected chi connectivity index (χ2v) is 5.00. The summed E-state index contributed by atoms with van der Waals surface area (Å²) >= 11 is 0. The van der Waals surface area contributed by atoms with E-state index in [2.05, 4.69) is 19.2 Å². The third-order valence-electron chi connectivity index (χ3n) is 3.81. The van der Waals surface area contributed by atoms with Gasteiger partial charge in [0.2, 0.25) is 0 Å². The summed E-state index contributed by atoms with van der Waals surface area (Å²) in [7, 11) is 0. The quantitative estimate of drug-likeness (QED) is 0.842. The summed E-state index contributed by atoms with van der Waals surface area (Å²) in [6.07, 6.45) is 2.68. The van der Waals surface area contributed by atoms with Crippen molar-refractivity contribution < 1.29 is 9.50 Å². The lowest BCUT2D eigenvalue weighted by Crippen LogP contribution is -2.48. The second-order valence-electron chi connectivity index (χ2n) is 5.00. The van der Waals surface area contributed by atoms with E-state index in [1.807, 2.05) is 6.07 Å². The number of rotatable bonds is 4. The van der Waals surface area contributed by atoms with Gasteiger partial charge in [-0.2, -0.15) is 0 Å². The molecule has 2 rings (SSSR count). The maximum absolute atomic E-state index is 13.2. The molecule has 17 heavy (non-hydrogen) atoms. The molecule has 0 saturated carbocycles. The molecule has 0 bridgehead atoms. The first-order valence-electron chi connectivity index (χ1n) is 6.29. The third kappa shape index (κ3) is 2.22. The molecule has 0 saturated heterocycles. The highest BCUT2D eigenvalue weighted by molar-refractivity contribution is 5.39. The van der Waals surface area contributed by atoms with Crippen LogP contribution < -0.4 is 5.32 Å². The van der Waals surface area contributed by atoms with E-state index in [0.29, 0.717) is 6.04 Å². The van der Waals surface area contributed by atoms with Crippen molar-refractivity contribution >= 4 is 0 Å². The van der Waals surface area contributed by atoms with E-state index in [4.69, 9.17) is 0 Å². The summed E-state index contributed by atoms with van der Waals surface area (Å²) in [6, 6.07) is 5.22. The van der Waals surface area contributed by atoms with Gasteiger partial charge in [0.15, 0.2) is 0 Å². The van der Waals surface area contributed by atoms with Crippen LogP contribution in [0.2, 0.25) is 0 Å². The van der Waals surface area contributed by atoms with Crippen molar-refractivity contribution in [2.24, 2.45) is 0 Å². The highest BCUT2D eigenvalue weighted by atomic mass is 19.1. The van der Waals surface area contributed by atoms with Gasteiger partial charge < -0.3 is 10.4 Å². The van der Waals surface area contributed by atoms with Crippen molar-refractivity contribution in [2.75, 3.05) is 6.61 Å². The summed E-state index contributed by atoms with van der Waals surface area (Å²) in [5.74, 6) is -0.193. The van der Waals surface area contributed by atoms with Crippen LogP contribution >= 0.6 is 0 Å². The standard InChI is InChI=1S/C14H20FNO/c1-3-10(2)16-14(9-17)7-6-11-8-12(15)4-5-13(11)14/h4-5,8,10,16-17H,3,6-7,9H2,1-2H3. The molecular weight excluding hydrogens is 217 g/mol. The SMILES string of the molecule is CCC(C)NC1(CO)CCc2cc(F)ccc21. The Kier molecular flexibility index (Phi) is 3.50. The maximum atomic E-state index is 13.2. The molecule has 94 valence electrons. The summed E-state index contributed by atoms with van der Waals surface area (Å²) < 4.78 is 13.2. The Bertz CT molecular complexity index is 407. The van der Waals surface area contributed by atoms with Crippen molar-refractivity contribution in [3.8, 4) is 0 Å². The normalized spacial score (nSPS) is 24.7. The Morgan fingerprint density at radius 2 is 2.29 bits per heavy atom. The van der Waals surface area contributed by atoms with E-state index < -0.39 is 0 Å². The van der Waals surface area contributed by atoms with Gasteiger partial charge in [-0.15, -0.1) is 0 Å². The molecule has 2 nitrogen and oxygen atoms in total. The number of fused-ring (bicyclic) bond motifs is 1. The zero-order chi connectivity index (χ0) is 12.5. The summed E-state index contributed by atoms with van der Waals surface area (Å²) in [5, 5.41) is 13.2. The number of aliphatic hydroxyl groups excluding tert-OH is 1. The molecule has 1 aliphatic carbocycles. The average Bonchev–Trinajstić information content (AvgIpc) is 2.68. The first kappa shape index (κ1) is 12.5. The van der Waals surface area contributed by atoms with Gasteiger partial charge in [-0.3, -0.25) is 0 Å². The van der Waals surface area contributed by atoms with Crippen LogP contribution in [0.15, 0.2) is 18.2 Å². The summed E-state index contributed by atoms with van der Waals surface area (Å²) in [6.45, 7) is 4.29. The minimum atomic E-state index is -0.377. The fraction of sp³-hybridized carbons (Fsp3) is 0.571. The van der Waals surface area contributed by atoms with Crippen molar-refractivity contribution in [2.45, 2.75) is 44.7 Å². The number of aryl methyl sites for hydroxylation is 1. The van der Waals surface area contributed by atoms with Gasteiger partial charge in [0, 0.05) is 6.04 Å². The van der Waals surface area contributed by atoms with Gasteiger partial charge in [-0.05, 0) is 49.4 Å². The molecule has 1 aliphatic rings. The van der Waals surface area contributed by atoms with Crippen molar-refractivity contribution in [1.82, 2.24) is 5.32 Å². The Hall–Kier alpha value is -0.930. The van der Waals surface area contributed by atoms with E-state index in [9.17, 15) is 9.50 Å². The second kappa shape index (κ2) is 4.75. The van der Waals surface area contributed by atoms with E-state index in [-0.39, 0.29) is 18.0 Å². The van der Waals surface area contributed by atoms with Crippen LogP contribution in [0.3, 0.4) is 0 Å². The molecule has 0 amide bonds. The number of hydrogen-bond acceptors (Lipinski definition) is 2. The number of nitrogens with one attached hydrogen (secondary N) is 1. The van der Waals surface area contributed by atoms with Gasteiger partial charge >= 0.3 is 0 Å². The Labute approximate surface area is 102 Å². The van der Waals surface area contributed by atoms with Crippen LogP contribution in [0.5, 0.6) is 0 Å². The van der Waals surface area contributed by atoms with Crippen molar-refractivity contribution in [3.63, 3.8) is 0 Å². The van der Waals surface area contributed by atoms with Gasteiger partial charge in [0.1, 0.15) is 5.82 Å². The minimum absolute atomic E-state index is 0.0654. The first-order chi connectivity index (χ1) is 8.11. The van der Waals surface area contributed by atoms with Crippen LogP contribution in [-0.4, -0.2) is 17.8 Å². The summed E-state index contributed by atoms with van der Waals surface area (Å²) in [5.41, 5.74) is 1.70. The summed E-state index contributed by atoms with van der Waals surface area (Å²) in [4.78, 5) is 0. The van der Waals surface area contributed by atoms with Crippen LogP contribution in [0, 0.1) is 5.82 Å². The molecular formula is C14H20FNO. The molecule has 0 spiro atoms. The molecule has 0 radical (unpaired) electrons. The zero-order valence-corrected chi connectivity index (χ0v) is 10.5. The smallest absolute Gasteiger partial charge is 0.123 e. The monoisotopic (exact) mass is 237 g/mol. The molecule has 2 N–H and O–H groups in total. The van der Waals surface area contributed by atoms with Gasteiger partial charge in [-0.1, -0.05) is 13.0 Å². The fourth-order valence-corrected chi connectivity index (χ4v) is 2.65. The van der Waals surface area contributed by atoms with Crippen molar-refractivity contribution in [1.29, 1.82) is 0 Å². The maximum Gasteiger partial charge on any atom is 0.123 e. The van der Waals surface area contributed by atoms with Crippen LogP contribution in [0.1, 0.15) is 37.8 Å². The predicted octanol–water partition coefficient (Wildman–Crippen LogP) is 2.35. The highest BCUT2D eigenvalue weighted by Gasteiger charge is 2.38. The van der Waals surface area contributed by atoms with Gasteiger partial charge in [-0.25, -0.2) is 4.39 Å². The average molecular weight is 237 g/mol. The van der Waals surface area contributed by atoms with Crippen LogP contribution in [0.4, 0.5) is 4.39 Å². The molecule has 0 heterocycles. The van der Waals surface area contributed by atoms with E-state index in [1.54, 1.807) is 6.07 Å². The zero-order valence-electron chi connectivity index (χ0n) is 10.5. The van der Waals surface area contributed by atoms with Gasteiger partial charge in [0.05, 0.1) is 12.1 Å². The number of aliphatic hydroxyl groups is 1. The third-order valence-corrected chi connectivity index (χ3v) is 3.81. The lowest BCUT2D eigenvalue weighted by Gasteiger charge is -2.33. The molecule has 0 fully saturated rings. The molecule has 1 aromatic rings. The van der Waals surface area contributed by atoms with Gasteiger partial charge in [0.25, 0.3) is 0 Å². The van der Waals surface area contributed by atoms with Crippen molar-refractivity contribution in [3.05, 3.63) is 35.1 Å². The fourth-order valence-electron chi connectivity index (χ4n) is 2.65. The number of halogens is 1. The molecule has 1 aromatic carbocycles. The largest absolute Gasteiger partial charge is 0.394 e. The Morgan fingerprint density at radius 3 is 2.94 bits per heavy atom. The predicted molar refractivity (Wildman–Crippen MR) is 66.4 cm³/mol. The highest BCUT2D eigenvalue weighted by Crippen LogP contribution is 2.37. The number of benzene rings is 1. The molecule has 0 aliphatic heterocycles.